The zero-order chi connectivity index (χ0) is 11.4. The highest BCUT2D eigenvalue weighted by molar-refractivity contribution is 6.05. The van der Waals surface area contributed by atoms with E-state index in [1.54, 1.807) is 7.05 Å². The van der Waals surface area contributed by atoms with Crippen LogP contribution in [0.15, 0.2) is 0 Å². The highest BCUT2D eigenvalue weighted by Gasteiger charge is 2.55. The van der Waals surface area contributed by atoms with Gasteiger partial charge < -0.3 is 5.32 Å². The molecule has 2 amide bonds. The van der Waals surface area contributed by atoms with Gasteiger partial charge in [-0.25, -0.2) is 0 Å². The van der Waals surface area contributed by atoms with Gasteiger partial charge in [0.15, 0.2) is 0 Å². The number of hydrogen-bond donors (Lipinski definition) is 1. The summed E-state index contributed by atoms with van der Waals surface area (Å²) in [5.41, 5.74) is 0.0144. The summed E-state index contributed by atoms with van der Waals surface area (Å²) in [5.74, 6) is -0.326. The molecule has 4 heteroatoms. The summed E-state index contributed by atoms with van der Waals surface area (Å²) < 4.78 is 0. The Hall–Kier alpha value is -0.900. The fraction of sp³-hybridized carbons (Fsp3) is 0.818. The molecule has 0 unspecified atom stereocenters. The van der Waals surface area contributed by atoms with E-state index in [1.165, 1.54) is 4.90 Å². The van der Waals surface area contributed by atoms with Crippen molar-refractivity contribution in [2.45, 2.75) is 26.8 Å². The van der Waals surface area contributed by atoms with Crippen LogP contribution in [-0.2, 0) is 9.59 Å². The van der Waals surface area contributed by atoms with Crippen LogP contribution in [0.1, 0.15) is 20.8 Å². The monoisotopic (exact) mass is 210 g/mol. The van der Waals surface area contributed by atoms with Crippen molar-refractivity contribution in [2.24, 2.45) is 17.3 Å². The Morgan fingerprint density at radius 1 is 1.27 bits per heavy atom. The molecule has 15 heavy (non-hydrogen) atoms. The van der Waals surface area contributed by atoms with E-state index in [2.05, 4.69) is 26.1 Å². The van der Waals surface area contributed by atoms with Gasteiger partial charge in [0.05, 0.1) is 11.8 Å². The largest absolute Gasteiger partial charge is 0.312 e. The van der Waals surface area contributed by atoms with Gasteiger partial charge in [0.1, 0.15) is 0 Å². The molecule has 2 aliphatic rings. The van der Waals surface area contributed by atoms with Gasteiger partial charge in [0.25, 0.3) is 0 Å². The lowest BCUT2D eigenvalue weighted by Crippen LogP contribution is -2.44. The molecule has 1 N–H and O–H groups in total. The van der Waals surface area contributed by atoms with Crippen LogP contribution < -0.4 is 5.32 Å². The number of nitrogens with zero attached hydrogens (tertiary/aromatic N) is 1. The van der Waals surface area contributed by atoms with Crippen molar-refractivity contribution in [1.82, 2.24) is 10.2 Å². The van der Waals surface area contributed by atoms with Crippen molar-refractivity contribution in [2.75, 3.05) is 13.6 Å². The van der Waals surface area contributed by atoms with E-state index in [0.29, 0.717) is 6.54 Å². The molecule has 84 valence electrons. The third-order valence-corrected chi connectivity index (χ3v) is 3.55. The molecule has 2 saturated heterocycles. The minimum Gasteiger partial charge on any atom is -0.312 e. The predicted octanol–water partition coefficient (Wildman–Crippen LogP) is 0.235. The smallest absolute Gasteiger partial charge is 0.234 e. The Kier molecular flexibility index (Phi) is 2.15. The van der Waals surface area contributed by atoms with Crippen molar-refractivity contribution in [3.63, 3.8) is 0 Å². The summed E-state index contributed by atoms with van der Waals surface area (Å²) in [6.45, 7) is 6.94. The number of imide groups is 1. The fourth-order valence-corrected chi connectivity index (χ4v) is 2.72. The van der Waals surface area contributed by atoms with Gasteiger partial charge in [0, 0.05) is 19.6 Å². The normalized spacial score (nSPS) is 36.3. The van der Waals surface area contributed by atoms with Crippen LogP contribution in [0.25, 0.3) is 0 Å². The average molecular weight is 210 g/mol. The van der Waals surface area contributed by atoms with E-state index in [1.807, 2.05) is 0 Å². The second-order valence-corrected chi connectivity index (χ2v) is 5.62. The summed E-state index contributed by atoms with van der Waals surface area (Å²) in [6.07, 6.45) is 0. The molecule has 2 heterocycles. The Labute approximate surface area is 90.0 Å². The average Bonchev–Trinajstić information content (AvgIpc) is 2.63. The molecule has 0 bridgehead atoms. The Bertz CT molecular complexity index is 319. The molecule has 0 aromatic heterocycles. The van der Waals surface area contributed by atoms with Crippen molar-refractivity contribution in [3.05, 3.63) is 0 Å². The molecule has 4 nitrogen and oxygen atoms in total. The second-order valence-electron chi connectivity index (χ2n) is 5.62. The van der Waals surface area contributed by atoms with Crippen molar-refractivity contribution in [3.8, 4) is 0 Å². The summed E-state index contributed by atoms with van der Waals surface area (Å²) in [7, 11) is 1.59. The Morgan fingerprint density at radius 2 is 1.87 bits per heavy atom. The number of amides is 2. The number of carbonyl (C=O) groups excluding carboxylic acids is 2. The number of hydrogen-bond acceptors (Lipinski definition) is 3. The minimum atomic E-state index is -0.150. The molecule has 0 aliphatic carbocycles. The van der Waals surface area contributed by atoms with Crippen molar-refractivity contribution >= 4 is 11.8 Å². The quantitative estimate of drug-likeness (QED) is 0.582. The lowest BCUT2D eigenvalue weighted by Gasteiger charge is -2.30. The van der Waals surface area contributed by atoms with E-state index in [0.717, 1.165) is 0 Å². The maximum atomic E-state index is 11.9. The van der Waals surface area contributed by atoms with Crippen LogP contribution in [0.2, 0.25) is 0 Å². The highest BCUT2D eigenvalue weighted by atomic mass is 16.2. The predicted molar refractivity (Wildman–Crippen MR) is 56.0 cm³/mol. The van der Waals surface area contributed by atoms with Crippen LogP contribution in [0.5, 0.6) is 0 Å². The molecule has 2 aliphatic heterocycles. The molecule has 0 spiro atoms. The molecule has 0 radical (unpaired) electrons. The molecule has 2 rings (SSSR count). The summed E-state index contributed by atoms with van der Waals surface area (Å²) in [4.78, 5) is 24.9. The third-order valence-electron chi connectivity index (χ3n) is 3.55. The molecule has 0 aromatic carbocycles. The topological polar surface area (TPSA) is 49.4 Å². The van der Waals surface area contributed by atoms with Crippen LogP contribution >= 0.6 is 0 Å². The van der Waals surface area contributed by atoms with Gasteiger partial charge in [-0.2, -0.15) is 0 Å². The zero-order valence-corrected chi connectivity index (χ0v) is 9.70. The molecular weight excluding hydrogens is 192 g/mol. The first-order valence-electron chi connectivity index (χ1n) is 5.39. The lowest BCUT2D eigenvalue weighted by atomic mass is 9.78. The maximum absolute atomic E-state index is 11.9. The number of nitrogens with one attached hydrogen (secondary N) is 1. The summed E-state index contributed by atoms with van der Waals surface area (Å²) in [6, 6.07) is 0.115. The first-order valence-corrected chi connectivity index (χ1v) is 5.39. The number of fused-ring (bicyclic) bond motifs is 1. The van der Waals surface area contributed by atoms with Gasteiger partial charge in [-0.1, -0.05) is 20.8 Å². The molecular formula is C11H18N2O2. The first-order chi connectivity index (χ1) is 6.84. The number of carbonyl (C=O) groups is 2. The number of rotatable bonds is 0. The molecule has 2 fully saturated rings. The molecule has 3 atom stereocenters. The number of likely N-dealkylation sites (tertiary alicyclic amines) is 1. The van der Waals surface area contributed by atoms with Gasteiger partial charge >= 0.3 is 0 Å². The first kappa shape index (κ1) is 10.6. The molecule has 0 saturated carbocycles. The Balaban J connectivity index is 2.31. The van der Waals surface area contributed by atoms with E-state index in [9.17, 15) is 9.59 Å². The fourth-order valence-electron chi connectivity index (χ4n) is 2.72. The van der Waals surface area contributed by atoms with E-state index < -0.39 is 0 Å². The molecule has 0 aromatic rings. The van der Waals surface area contributed by atoms with E-state index in [4.69, 9.17) is 0 Å². The van der Waals surface area contributed by atoms with Crippen molar-refractivity contribution < 1.29 is 9.59 Å². The van der Waals surface area contributed by atoms with Crippen LogP contribution in [-0.4, -0.2) is 36.3 Å². The van der Waals surface area contributed by atoms with Gasteiger partial charge in [-0.3, -0.25) is 14.5 Å². The van der Waals surface area contributed by atoms with Gasteiger partial charge in [0.2, 0.25) is 11.8 Å². The third kappa shape index (κ3) is 1.39. The van der Waals surface area contributed by atoms with Crippen LogP contribution in [0, 0.1) is 17.3 Å². The Morgan fingerprint density at radius 3 is 2.40 bits per heavy atom. The van der Waals surface area contributed by atoms with Crippen molar-refractivity contribution in [1.29, 1.82) is 0 Å². The van der Waals surface area contributed by atoms with Gasteiger partial charge in [-0.05, 0) is 5.41 Å². The zero-order valence-electron chi connectivity index (χ0n) is 9.70. The second kappa shape index (κ2) is 3.04. The van der Waals surface area contributed by atoms with Crippen LogP contribution in [0.3, 0.4) is 0 Å². The van der Waals surface area contributed by atoms with Gasteiger partial charge in [-0.15, -0.1) is 0 Å². The summed E-state index contributed by atoms with van der Waals surface area (Å²) in [5, 5.41) is 3.31. The van der Waals surface area contributed by atoms with Crippen LogP contribution in [0.4, 0.5) is 0 Å². The maximum Gasteiger partial charge on any atom is 0.234 e. The van der Waals surface area contributed by atoms with E-state index >= 15 is 0 Å². The van der Waals surface area contributed by atoms with E-state index in [-0.39, 0.29) is 35.1 Å². The summed E-state index contributed by atoms with van der Waals surface area (Å²) >= 11 is 0. The highest BCUT2D eigenvalue weighted by Crippen LogP contribution is 2.39. The lowest BCUT2D eigenvalue weighted by molar-refractivity contribution is -0.139. The standard InChI is InChI=1S/C11H18N2O2/c1-11(2,3)8-7-6(5-12-8)9(14)13(4)10(7)15/h6-8,12H,5H2,1-4H3/t6-,7+,8-/m1/s1. The minimum absolute atomic E-state index is 0.0144. The SMILES string of the molecule is CN1C(=O)[C@@H]2[C@H](C(C)(C)C)NC[C@H]2C1=O.